The van der Waals surface area contributed by atoms with Crippen molar-refractivity contribution in [2.24, 2.45) is 0 Å². The summed E-state index contributed by atoms with van der Waals surface area (Å²) < 4.78 is 17.2. The third-order valence-electron chi connectivity index (χ3n) is 5.04. The number of ether oxygens (including phenoxy) is 2. The number of benzene rings is 1. The lowest BCUT2D eigenvalue weighted by Gasteiger charge is -2.41. The molecule has 0 saturated carbocycles. The van der Waals surface area contributed by atoms with Gasteiger partial charge in [0, 0.05) is 0 Å². The van der Waals surface area contributed by atoms with Crippen LogP contribution in [0.2, 0.25) is 23.2 Å². The number of halogens is 1. The zero-order valence-corrected chi connectivity index (χ0v) is 21.7. The number of hydrogen-bond donors (Lipinski definition) is 2. The maximum atomic E-state index is 12.9. The molecule has 0 spiro atoms. The summed E-state index contributed by atoms with van der Waals surface area (Å²) in [6.07, 6.45) is -1.66. The first-order valence-corrected chi connectivity index (χ1v) is 13.6. The first kappa shape index (κ1) is 27.3. The van der Waals surface area contributed by atoms with Gasteiger partial charge in [-0.1, -0.05) is 38.4 Å². The second-order valence-corrected chi connectivity index (χ2v) is 15.0. The van der Waals surface area contributed by atoms with Gasteiger partial charge >= 0.3 is 12.1 Å². The Hall–Kier alpha value is -1.77. The Kier molecular flexibility index (Phi) is 9.00. The molecule has 0 aliphatic carbocycles. The topological polar surface area (TPSA) is 94.1 Å². The molecule has 0 aliphatic heterocycles. The van der Waals surface area contributed by atoms with Crippen LogP contribution in [0.3, 0.4) is 0 Å². The average Bonchev–Trinajstić information content (AvgIpc) is 2.58. The monoisotopic (exact) mass is 473 g/mol. The molecular formula is C22H36ClNO6Si. The van der Waals surface area contributed by atoms with Crippen molar-refractivity contribution < 1.29 is 28.6 Å². The Morgan fingerprint density at radius 2 is 1.74 bits per heavy atom. The smallest absolute Gasteiger partial charge is 0.408 e. The third kappa shape index (κ3) is 8.01. The third-order valence-corrected chi connectivity index (χ3v) is 9.80. The number of nitrogens with one attached hydrogen (secondary N) is 1. The highest BCUT2D eigenvalue weighted by Crippen LogP contribution is 2.41. The molecule has 1 aromatic rings. The number of alkyl carbamates (subject to hydrolysis) is 1. The first-order valence-electron chi connectivity index (χ1n) is 10.3. The van der Waals surface area contributed by atoms with Crippen LogP contribution in [-0.2, 0) is 18.7 Å². The van der Waals surface area contributed by atoms with E-state index in [2.05, 4.69) is 26.1 Å². The first-order chi connectivity index (χ1) is 14.0. The molecule has 1 amide bonds. The largest absolute Gasteiger partial charge is 0.506 e. The van der Waals surface area contributed by atoms with Gasteiger partial charge in [0.15, 0.2) is 14.4 Å². The van der Waals surface area contributed by atoms with E-state index in [1.54, 1.807) is 33.8 Å². The minimum Gasteiger partial charge on any atom is -0.506 e. The van der Waals surface area contributed by atoms with Gasteiger partial charge in [-0.2, -0.15) is 0 Å². The molecule has 176 valence electrons. The minimum absolute atomic E-state index is 0.0933. The highest BCUT2D eigenvalue weighted by molar-refractivity contribution is 6.74. The molecule has 1 rings (SSSR count). The van der Waals surface area contributed by atoms with Gasteiger partial charge in [-0.3, -0.25) is 0 Å². The maximum Gasteiger partial charge on any atom is 0.408 e. The van der Waals surface area contributed by atoms with Crippen LogP contribution in [0, 0.1) is 0 Å². The molecule has 0 heterocycles. The molecule has 0 aliphatic rings. The second-order valence-electron chi connectivity index (χ2n) is 9.89. The van der Waals surface area contributed by atoms with Crippen LogP contribution in [0.4, 0.5) is 4.79 Å². The molecule has 0 saturated heterocycles. The second kappa shape index (κ2) is 10.2. The number of esters is 1. The van der Waals surface area contributed by atoms with Crippen molar-refractivity contribution in [3.63, 3.8) is 0 Å². The molecule has 0 unspecified atom stereocenters. The van der Waals surface area contributed by atoms with Crippen molar-refractivity contribution in [3.05, 3.63) is 28.8 Å². The summed E-state index contributed by atoms with van der Waals surface area (Å²) in [5, 5.41) is 12.4. The molecule has 0 bridgehead atoms. The van der Waals surface area contributed by atoms with Crippen LogP contribution in [0.25, 0.3) is 0 Å². The molecule has 2 N–H and O–H groups in total. The standard InChI is InChI=1S/C22H36ClNO6Si/c1-10-28-19(26)17(24-20(27)29-21(2,3)4)18(30-31(8,9)22(5,6)7)14-11-12-16(25)15(23)13-14/h11-13,17-18,25H,10H2,1-9H3,(H,24,27)/t17-,18-/m1/s1. The maximum absolute atomic E-state index is 12.9. The van der Waals surface area contributed by atoms with Crippen molar-refractivity contribution >= 4 is 32.0 Å². The molecular weight excluding hydrogens is 438 g/mol. The fraction of sp³-hybridized carbons (Fsp3) is 0.636. The number of hydrogen-bond acceptors (Lipinski definition) is 6. The lowest BCUT2D eigenvalue weighted by Crippen LogP contribution is -2.52. The van der Waals surface area contributed by atoms with Crippen molar-refractivity contribution in [2.75, 3.05) is 6.61 Å². The molecule has 1 aromatic carbocycles. The van der Waals surface area contributed by atoms with Crippen LogP contribution in [-0.4, -0.2) is 43.7 Å². The van der Waals surface area contributed by atoms with E-state index in [9.17, 15) is 14.7 Å². The lowest BCUT2D eigenvalue weighted by atomic mass is 10.0. The van der Waals surface area contributed by atoms with Crippen LogP contribution in [0.15, 0.2) is 18.2 Å². The van der Waals surface area contributed by atoms with Crippen LogP contribution in [0.1, 0.15) is 60.1 Å². The van der Waals surface area contributed by atoms with Gasteiger partial charge in [0.1, 0.15) is 17.5 Å². The molecule has 9 heteroatoms. The number of amides is 1. The van der Waals surface area contributed by atoms with Gasteiger partial charge in [-0.25, -0.2) is 9.59 Å². The highest BCUT2D eigenvalue weighted by Gasteiger charge is 2.44. The number of carbonyl (C=O) groups is 2. The minimum atomic E-state index is -2.42. The number of aromatic hydroxyl groups is 1. The SMILES string of the molecule is CCOC(=O)[C@H](NC(=O)OC(C)(C)C)[C@H](O[Si](C)(C)C(C)(C)C)c1ccc(O)c(Cl)c1. The van der Waals surface area contributed by atoms with Gasteiger partial charge in [0.2, 0.25) is 0 Å². The predicted molar refractivity (Wildman–Crippen MR) is 124 cm³/mol. The fourth-order valence-corrected chi connectivity index (χ4v) is 3.90. The average molecular weight is 474 g/mol. The Morgan fingerprint density at radius 3 is 2.19 bits per heavy atom. The molecule has 0 aromatic heterocycles. The Bertz CT molecular complexity index is 785. The lowest BCUT2D eigenvalue weighted by molar-refractivity contribution is -0.148. The summed E-state index contributed by atoms with van der Waals surface area (Å²) in [5.41, 5.74) is -0.220. The molecule has 31 heavy (non-hydrogen) atoms. The predicted octanol–water partition coefficient (Wildman–Crippen LogP) is 5.56. The Labute approximate surface area is 191 Å². The van der Waals surface area contributed by atoms with Crippen molar-refractivity contribution in [3.8, 4) is 5.75 Å². The summed E-state index contributed by atoms with van der Waals surface area (Å²) in [6.45, 7) is 17.3. The summed E-state index contributed by atoms with van der Waals surface area (Å²) in [7, 11) is -2.42. The van der Waals surface area contributed by atoms with Crippen molar-refractivity contribution in [1.29, 1.82) is 0 Å². The zero-order chi connectivity index (χ0) is 24.2. The van der Waals surface area contributed by atoms with Gasteiger partial charge in [0.05, 0.1) is 11.6 Å². The van der Waals surface area contributed by atoms with Crippen LogP contribution < -0.4 is 5.32 Å². The number of phenols is 1. The van der Waals surface area contributed by atoms with E-state index in [1.807, 2.05) is 13.1 Å². The van der Waals surface area contributed by atoms with E-state index in [1.165, 1.54) is 12.1 Å². The van der Waals surface area contributed by atoms with E-state index in [-0.39, 0.29) is 22.4 Å². The quantitative estimate of drug-likeness (QED) is 0.397. The summed E-state index contributed by atoms with van der Waals surface area (Å²) in [5.74, 6) is -0.745. The summed E-state index contributed by atoms with van der Waals surface area (Å²) in [6, 6.07) is 3.39. The fourth-order valence-electron chi connectivity index (χ4n) is 2.45. The molecule has 2 atom stereocenters. The van der Waals surface area contributed by atoms with Gasteiger partial charge in [-0.15, -0.1) is 0 Å². The zero-order valence-electron chi connectivity index (χ0n) is 20.0. The molecule has 0 radical (unpaired) electrons. The number of phenolic OH excluding ortho intramolecular Hbond substituents is 1. The van der Waals surface area contributed by atoms with E-state index >= 15 is 0 Å². The number of rotatable bonds is 7. The number of carbonyl (C=O) groups excluding carboxylic acids is 2. The Balaban J connectivity index is 3.49. The Morgan fingerprint density at radius 1 is 1.16 bits per heavy atom. The van der Waals surface area contributed by atoms with E-state index in [0.29, 0.717) is 5.56 Å². The van der Waals surface area contributed by atoms with Crippen LogP contribution >= 0.6 is 11.6 Å². The molecule has 0 fully saturated rings. The summed E-state index contributed by atoms with van der Waals surface area (Å²) >= 11 is 6.13. The van der Waals surface area contributed by atoms with Gasteiger partial charge in [-0.05, 0) is 63.5 Å². The van der Waals surface area contributed by atoms with E-state index in [4.69, 9.17) is 25.5 Å². The van der Waals surface area contributed by atoms with Crippen molar-refractivity contribution in [2.45, 2.75) is 84.3 Å². The normalized spacial score (nSPS) is 14.5. The molecule has 7 nitrogen and oxygen atoms in total. The van der Waals surface area contributed by atoms with Crippen molar-refractivity contribution in [1.82, 2.24) is 5.32 Å². The van der Waals surface area contributed by atoms with Gasteiger partial charge in [0.25, 0.3) is 0 Å². The van der Waals surface area contributed by atoms with Crippen LogP contribution in [0.5, 0.6) is 5.75 Å². The summed E-state index contributed by atoms with van der Waals surface area (Å²) in [4.78, 5) is 25.5. The van der Waals surface area contributed by atoms with E-state index < -0.39 is 38.1 Å². The van der Waals surface area contributed by atoms with E-state index in [0.717, 1.165) is 0 Å². The van der Waals surface area contributed by atoms with Gasteiger partial charge < -0.3 is 24.3 Å². The highest BCUT2D eigenvalue weighted by atomic mass is 35.5.